The quantitative estimate of drug-likeness (QED) is 0.512. The fourth-order valence-electron chi connectivity index (χ4n) is 1.14. The highest BCUT2D eigenvalue weighted by molar-refractivity contribution is 5.87. The molecule has 0 saturated heterocycles. The lowest BCUT2D eigenvalue weighted by Gasteiger charge is -2.12. The zero-order chi connectivity index (χ0) is 11.7. The molecule has 0 aromatic carbocycles. The smallest absolute Gasteiger partial charge is 0.242 e. The number of likely N-dealkylation sites (N-methyl/N-ethyl adjacent to an activating group) is 1. The second-order valence-electron chi connectivity index (χ2n) is 3.43. The average molecular weight is 215 g/mol. The molecule has 0 saturated carbocycles. The molecule has 0 aliphatic rings. The van der Waals surface area contributed by atoms with Crippen molar-refractivity contribution in [3.8, 4) is 0 Å². The van der Waals surface area contributed by atoms with Gasteiger partial charge in [-0.1, -0.05) is 0 Å². The van der Waals surface area contributed by atoms with Gasteiger partial charge in [-0.2, -0.15) is 0 Å². The first kappa shape index (κ1) is 13.9. The van der Waals surface area contributed by atoms with E-state index in [0.717, 1.165) is 12.8 Å². The number of nitrogens with two attached hydrogens (primary N) is 1. The summed E-state index contributed by atoms with van der Waals surface area (Å²) in [6, 6.07) is -0.463. The average Bonchev–Trinajstić information content (AvgIpc) is 2.18. The van der Waals surface area contributed by atoms with E-state index in [-0.39, 0.29) is 11.8 Å². The third kappa shape index (κ3) is 6.90. The first-order valence-electron chi connectivity index (χ1n) is 5.39. The summed E-state index contributed by atoms with van der Waals surface area (Å²) in [5.41, 5.74) is 5.31. The van der Waals surface area contributed by atoms with Gasteiger partial charge in [0.1, 0.15) is 6.04 Å². The molecule has 0 heterocycles. The maximum atomic E-state index is 11.3. The Hall–Kier alpha value is -1.10. The van der Waals surface area contributed by atoms with Crippen molar-refractivity contribution in [3.05, 3.63) is 0 Å². The first-order valence-corrected chi connectivity index (χ1v) is 5.39. The number of hydrogen-bond donors (Lipinski definition) is 3. The van der Waals surface area contributed by atoms with Gasteiger partial charge in [-0.05, 0) is 33.2 Å². The summed E-state index contributed by atoms with van der Waals surface area (Å²) in [6.07, 6.45) is 2.04. The van der Waals surface area contributed by atoms with Crippen LogP contribution >= 0.6 is 0 Å². The van der Waals surface area contributed by atoms with Gasteiger partial charge >= 0.3 is 0 Å². The number of unbranched alkanes of at least 4 members (excludes halogenated alkanes) is 1. The van der Waals surface area contributed by atoms with E-state index in [1.807, 2.05) is 6.92 Å². The summed E-state index contributed by atoms with van der Waals surface area (Å²) in [7, 11) is 0. The van der Waals surface area contributed by atoms with Crippen LogP contribution in [0, 0.1) is 0 Å². The molecule has 0 aliphatic carbocycles. The Labute approximate surface area is 90.8 Å². The molecule has 1 unspecified atom stereocenters. The van der Waals surface area contributed by atoms with Gasteiger partial charge in [0.25, 0.3) is 0 Å². The van der Waals surface area contributed by atoms with E-state index in [1.165, 1.54) is 0 Å². The monoisotopic (exact) mass is 215 g/mol. The van der Waals surface area contributed by atoms with E-state index in [4.69, 9.17) is 5.73 Å². The molecule has 0 spiro atoms. The number of amides is 2. The predicted octanol–water partition coefficient (Wildman–Crippen LogP) is -0.244. The van der Waals surface area contributed by atoms with Gasteiger partial charge in [0.15, 0.2) is 0 Å². The lowest BCUT2D eigenvalue weighted by Crippen LogP contribution is -2.44. The fraction of sp³-hybridized carbons (Fsp3) is 0.800. The van der Waals surface area contributed by atoms with Crippen molar-refractivity contribution in [2.45, 2.75) is 39.2 Å². The molecule has 0 aliphatic heterocycles. The van der Waals surface area contributed by atoms with Crippen LogP contribution in [0.5, 0.6) is 0 Å². The SMILES string of the molecule is CCNC(=O)C(C)NC(=O)CCCCN. The Bertz CT molecular complexity index is 207. The molecule has 0 aromatic rings. The molecular formula is C10H21N3O2. The van der Waals surface area contributed by atoms with E-state index in [0.29, 0.717) is 19.5 Å². The molecule has 15 heavy (non-hydrogen) atoms. The van der Waals surface area contributed by atoms with Gasteiger partial charge in [0.2, 0.25) is 11.8 Å². The van der Waals surface area contributed by atoms with E-state index >= 15 is 0 Å². The maximum Gasteiger partial charge on any atom is 0.242 e. The molecule has 0 radical (unpaired) electrons. The number of carbonyl (C=O) groups excluding carboxylic acids is 2. The molecule has 0 rings (SSSR count). The molecule has 5 nitrogen and oxygen atoms in total. The van der Waals surface area contributed by atoms with Crippen LogP contribution in [-0.2, 0) is 9.59 Å². The standard InChI is InChI=1S/C10H21N3O2/c1-3-12-10(15)8(2)13-9(14)6-4-5-7-11/h8H,3-7,11H2,1-2H3,(H,12,15)(H,13,14). The topological polar surface area (TPSA) is 84.2 Å². The second kappa shape index (κ2) is 8.23. The van der Waals surface area contributed by atoms with Gasteiger partial charge in [0, 0.05) is 13.0 Å². The van der Waals surface area contributed by atoms with Crippen molar-refractivity contribution in [1.29, 1.82) is 0 Å². The van der Waals surface area contributed by atoms with Crippen LogP contribution in [-0.4, -0.2) is 30.9 Å². The Morgan fingerprint density at radius 3 is 2.53 bits per heavy atom. The lowest BCUT2D eigenvalue weighted by atomic mass is 10.2. The van der Waals surface area contributed by atoms with Crippen LogP contribution in [0.15, 0.2) is 0 Å². The molecule has 5 heteroatoms. The van der Waals surface area contributed by atoms with Crippen LogP contribution in [0.3, 0.4) is 0 Å². The first-order chi connectivity index (χ1) is 7.11. The molecule has 0 fully saturated rings. The predicted molar refractivity (Wildman–Crippen MR) is 59.2 cm³/mol. The van der Waals surface area contributed by atoms with Crippen molar-refractivity contribution >= 4 is 11.8 Å². The summed E-state index contributed by atoms with van der Waals surface area (Å²) in [4.78, 5) is 22.6. The Morgan fingerprint density at radius 1 is 1.33 bits per heavy atom. The lowest BCUT2D eigenvalue weighted by molar-refractivity contribution is -0.128. The largest absolute Gasteiger partial charge is 0.355 e. The Morgan fingerprint density at radius 2 is 2.00 bits per heavy atom. The van der Waals surface area contributed by atoms with Crippen molar-refractivity contribution in [2.24, 2.45) is 5.73 Å². The Balaban J connectivity index is 3.70. The molecular weight excluding hydrogens is 194 g/mol. The summed E-state index contributed by atoms with van der Waals surface area (Å²) < 4.78 is 0. The van der Waals surface area contributed by atoms with Gasteiger partial charge in [-0.25, -0.2) is 0 Å². The van der Waals surface area contributed by atoms with E-state index in [2.05, 4.69) is 10.6 Å². The van der Waals surface area contributed by atoms with E-state index in [9.17, 15) is 9.59 Å². The van der Waals surface area contributed by atoms with Gasteiger partial charge in [-0.3, -0.25) is 9.59 Å². The van der Waals surface area contributed by atoms with E-state index in [1.54, 1.807) is 6.92 Å². The highest BCUT2D eigenvalue weighted by Gasteiger charge is 2.13. The zero-order valence-corrected chi connectivity index (χ0v) is 9.51. The molecule has 88 valence electrons. The van der Waals surface area contributed by atoms with Gasteiger partial charge in [-0.15, -0.1) is 0 Å². The molecule has 0 bridgehead atoms. The van der Waals surface area contributed by atoms with Crippen LogP contribution in [0.1, 0.15) is 33.1 Å². The third-order valence-corrected chi connectivity index (χ3v) is 1.98. The summed E-state index contributed by atoms with van der Waals surface area (Å²) in [6.45, 7) is 4.69. The second-order valence-corrected chi connectivity index (χ2v) is 3.43. The Kier molecular flexibility index (Phi) is 7.62. The highest BCUT2D eigenvalue weighted by Crippen LogP contribution is 1.94. The van der Waals surface area contributed by atoms with E-state index < -0.39 is 6.04 Å². The molecule has 2 amide bonds. The summed E-state index contributed by atoms with van der Waals surface area (Å²) in [5, 5.41) is 5.28. The van der Waals surface area contributed by atoms with Gasteiger partial charge in [0.05, 0.1) is 0 Å². The van der Waals surface area contributed by atoms with Crippen molar-refractivity contribution < 1.29 is 9.59 Å². The van der Waals surface area contributed by atoms with Crippen molar-refractivity contribution in [1.82, 2.24) is 10.6 Å². The molecule has 4 N–H and O–H groups in total. The highest BCUT2D eigenvalue weighted by atomic mass is 16.2. The van der Waals surface area contributed by atoms with Crippen LogP contribution < -0.4 is 16.4 Å². The van der Waals surface area contributed by atoms with Crippen LogP contribution in [0.25, 0.3) is 0 Å². The number of carbonyl (C=O) groups is 2. The maximum absolute atomic E-state index is 11.3. The summed E-state index contributed by atoms with van der Waals surface area (Å²) in [5.74, 6) is -0.244. The van der Waals surface area contributed by atoms with Gasteiger partial charge < -0.3 is 16.4 Å². The van der Waals surface area contributed by atoms with Crippen molar-refractivity contribution in [2.75, 3.05) is 13.1 Å². The van der Waals surface area contributed by atoms with Crippen molar-refractivity contribution in [3.63, 3.8) is 0 Å². The normalized spacial score (nSPS) is 11.9. The van der Waals surface area contributed by atoms with Crippen LogP contribution in [0.2, 0.25) is 0 Å². The minimum Gasteiger partial charge on any atom is -0.355 e. The number of rotatable bonds is 7. The number of nitrogens with one attached hydrogen (secondary N) is 2. The fourth-order valence-corrected chi connectivity index (χ4v) is 1.14. The number of hydrogen-bond acceptors (Lipinski definition) is 3. The third-order valence-electron chi connectivity index (χ3n) is 1.98. The zero-order valence-electron chi connectivity index (χ0n) is 9.51. The molecule has 0 aromatic heterocycles. The summed E-state index contributed by atoms with van der Waals surface area (Å²) >= 11 is 0. The molecule has 1 atom stereocenters. The minimum atomic E-state index is -0.463. The van der Waals surface area contributed by atoms with Crippen LogP contribution in [0.4, 0.5) is 0 Å². The minimum absolute atomic E-state index is 0.0952.